The van der Waals surface area contributed by atoms with Crippen molar-refractivity contribution < 1.29 is 18.9 Å². The van der Waals surface area contributed by atoms with Gasteiger partial charge in [-0.15, -0.1) is 0 Å². The number of hydrogen-bond donors (Lipinski definition) is 2. The number of carbonyl (C=O) groups is 2. The van der Waals surface area contributed by atoms with Gasteiger partial charge in [0.1, 0.15) is 5.82 Å². The Morgan fingerprint density at radius 2 is 1.88 bits per heavy atom. The molecule has 2 amide bonds. The Hall–Kier alpha value is -3.62. The van der Waals surface area contributed by atoms with Crippen molar-refractivity contribution >= 4 is 28.9 Å². The summed E-state index contributed by atoms with van der Waals surface area (Å²) in [5.41, 5.74) is 2.86. The van der Waals surface area contributed by atoms with E-state index in [0.717, 1.165) is 6.07 Å². The van der Waals surface area contributed by atoms with Crippen LogP contribution in [0.25, 0.3) is 0 Å². The van der Waals surface area contributed by atoms with Gasteiger partial charge in [0.25, 0.3) is 11.6 Å². The molecule has 0 fully saturated rings. The van der Waals surface area contributed by atoms with E-state index in [0.29, 0.717) is 11.4 Å². The second-order valence-corrected chi connectivity index (χ2v) is 5.33. The largest absolute Gasteiger partial charge is 0.326 e. The Labute approximate surface area is 147 Å². The SMILES string of the molecule is C/C(CC(=O)Nc1ccc(F)cc1)=N\NC(=O)c1cccc([N+](=O)[O-])c1. The summed E-state index contributed by atoms with van der Waals surface area (Å²) in [6.07, 6.45) is -0.0907. The van der Waals surface area contributed by atoms with Crippen LogP contribution in [0.3, 0.4) is 0 Å². The molecule has 0 aliphatic heterocycles. The zero-order valence-electron chi connectivity index (χ0n) is 13.7. The molecule has 0 saturated carbocycles. The molecule has 0 aromatic heterocycles. The quantitative estimate of drug-likeness (QED) is 0.469. The predicted octanol–water partition coefficient (Wildman–Crippen LogP) is 2.87. The zero-order chi connectivity index (χ0) is 19.1. The number of anilines is 1. The van der Waals surface area contributed by atoms with Crippen molar-refractivity contribution in [2.45, 2.75) is 13.3 Å². The van der Waals surface area contributed by atoms with Crippen LogP contribution in [0.1, 0.15) is 23.7 Å². The lowest BCUT2D eigenvalue weighted by molar-refractivity contribution is -0.384. The average molecular weight is 358 g/mol. The lowest BCUT2D eigenvalue weighted by Crippen LogP contribution is -2.21. The summed E-state index contributed by atoms with van der Waals surface area (Å²) in [5.74, 6) is -1.43. The monoisotopic (exact) mass is 358 g/mol. The van der Waals surface area contributed by atoms with Gasteiger partial charge in [-0.25, -0.2) is 9.82 Å². The highest BCUT2D eigenvalue weighted by atomic mass is 19.1. The molecule has 2 rings (SSSR count). The summed E-state index contributed by atoms with van der Waals surface area (Å²) in [7, 11) is 0. The Balaban J connectivity index is 1.91. The molecule has 0 bridgehead atoms. The van der Waals surface area contributed by atoms with Crippen LogP contribution in [0.2, 0.25) is 0 Å². The third-order valence-corrected chi connectivity index (χ3v) is 3.21. The second-order valence-electron chi connectivity index (χ2n) is 5.33. The predicted molar refractivity (Wildman–Crippen MR) is 93.3 cm³/mol. The zero-order valence-corrected chi connectivity index (χ0v) is 13.7. The Morgan fingerprint density at radius 1 is 1.19 bits per heavy atom. The first-order chi connectivity index (χ1) is 12.3. The number of non-ortho nitro benzene ring substituents is 1. The van der Waals surface area contributed by atoms with Crippen LogP contribution in [0.15, 0.2) is 53.6 Å². The first kappa shape index (κ1) is 18.7. The van der Waals surface area contributed by atoms with Crippen LogP contribution in [0.5, 0.6) is 0 Å². The minimum Gasteiger partial charge on any atom is -0.326 e. The van der Waals surface area contributed by atoms with Gasteiger partial charge < -0.3 is 5.32 Å². The van der Waals surface area contributed by atoms with E-state index in [1.807, 2.05) is 0 Å². The van der Waals surface area contributed by atoms with E-state index in [1.165, 1.54) is 49.4 Å². The van der Waals surface area contributed by atoms with Crippen molar-refractivity contribution in [1.29, 1.82) is 0 Å². The molecule has 26 heavy (non-hydrogen) atoms. The maximum absolute atomic E-state index is 12.8. The molecule has 134 valence electrons. The number of hydrazone groups is 1. The van der Waals surface area contributed by atoms with Gasteiger partial charge in [-0.1, -0.05) is 6.07 Å². The van der Waals surface area contributed by atoms with E-state index in [1.54, 1.807) is 0 Å². The molecule has 9 heteroatoms. The Kier molecular flexibility index (Phi) is 6.10. The van der Waals surface area contributed by atoms with Crippen molar-refractivity contribution in [3.63, 3.8) is 0 Å². The molecule has 0 atom stereocenters. The third kappa shape index (κ3) is 5.48. The highest BCUT2D eigenvalue weighted by Gasteiger charge is 2.11. The van der Waals surface area contributed by atoms with Crippen molar-refractivity contribution in [3.05, 3.63) is 70.0 Å². The fourth-order valence-corrected chi connectivity index (χ4v) is 1.98. The maximum atomic E-state index is 12.8. The van der Waals surface area contributed by atoms with E-state index in [9.17, 15) is 24.1 Å². The van der Waals surface area contributed by atoms with Crippen molar-refractivity contribution in [2.24, 2.45) is 5.10 Å². The molecule has 2 aromatic carbocycles. The highest BCUT2D eigenvalue weighted by Crippen LogP contribution is 2.13. The topological polar surface area (TPSA) is 114 Å². The molecule has 0 aliphatic carbocycles. The molecule has 2 aromatic rings. The number of nitrogens with one attached hydrogen (secondary N) is 2. The van der Waals surface area contributed by atoms with Crippen molar-refractivity contribution in [2.75, 3.05) is 5.32 Å². The molecule has 8 nitrogen and oxygen atoms in total. The number of nitro groups is 1. The van der Waals surface area contributed by atoms with Gasteiger partial charge in [0, 0.05) is 29.1 Å². The van der Waals surface area contributed by atoms with Gasteiger partial charge in [-0.05, 0) is 37.3 Å². The summed E-state index contributed by atoms with van der Waals surface area (Å²) in [6.45, 7) is 1.54. The Morgan fingerprint density at radius 3 is 2.54 bits per heavy atom. The smallest absolute Gasteiger partial charge is 0.271 e. The van der Waals surface area contributed by atoms with E-state index >= 15 is 0 Å². The van der Waals surface area contributed by atoms with Gasteiger partial charge >= 0.3 is 0 Å². The number of benzene rings is 2. The van der Waals surface area contributed by atoms with Crippen LogP contribution in [-0.4, -0.2) is 22.4 Å². The summed E-state index contributed by atoms with van der Waals surface area (Å²) in [5, 5.41) is 17.1. The normalized spacial score (nSPS) is 10.9. The summed E-state index contributed by atoms with van der Waals surface area (Å²) in [6, 6.07) is 10.5. The molecule has 0 heterocycles. The number of hydrogen-bond acceptors (Lipinski definition) is 5. The molecule has 0 unspecified atom stereocenters. The van der Waals surface area contributed by atoms with Gasteiger partial charge in [-0.3, -0.25) is 19.7 Å². The van der Waals surface area contributed by atoms with Gasteiger partial charge in [-0.2, -0.15) is 5.10 Å². The molecular formula is C17H15FN4O4. The van der Waals surface area contributed by atoms with Crippen molar-refractivity contribution in [1.82, 2.24) is 5.43 Å². The standard InChI is InChI=1S/C17H15FN4O4/c1-11(9-16(23)19-14-7-5-13(18)6-8-14)20-21-17(24)12-3-2-4-15(10-12)22(25)26/h2-8,10H,9H2,1H3,(H,19,23)(H,21,24)/b20-11+. The fraction of sp³-hybridized carbons (Fsp3) is 0.118. The lowest BCUT2D eigenvalue weighted by Gasteiger charge is -2.05. The third-order valence-electron chi connectivity index (χ3n) is 3.21. The van der Waals surface area contributed by atoms with Crippen LogP contribution in [0.4, 0.5) is 15.8 Å². The van der Waals surface area contributed by atoms with Gasteiger partial charge in [0.2, 0.25) is 5.91 Å². The van der Waals surface area contributed by atoms with Gasteiger partial charge in [0.15, 0.2) is 0 Å². The molecule has 0 spiro atoms. The maximum Gasteiger partial charge on any atom is 0.271 e. The van der Waals surface area contributed by atoms with E-state index in [-0.39, 0.29) is 23.6 Å². The molecule has 0 saturated heterocycles. The van der Waals surface area contributed by atoms with Crippen LogP contribution < -0.4 is 10.7 Å². The van der Waals surface area contributed by atoms with E-state index < -0.39 is 16.6 Å². The summed E-state index contributed by atoms with van der Waals surface area (Å²) < 4.78 is 12.8. The van der Waals surface area contributed by atoms with Crippen LogP contribution >= 0.6 is 0 Å². The van der Waals surface area contributed by atoms with Gasteiger partial charge in [0.05, 0.1) is 11.3 Å². The molecule has 2 N–H and O–H groups in total. The lowest BCUT2D eigenvalue weighted by atomic mass is 10.2. The van der Waals surface area contributed by atoms with Crippen LogP contribution in [0, 0.1) is 15.9 Å². The minimum absolute atomic E-state index is 0.0755. The number of carbonyl (C=O) groups excluding carboxylic acids is 2. The minimum atomic E-state index is -0.632. The first-order valence-electron chi connectivity index (χ1n) is 7.48. The molecule has 0 aliphatic rings. The summed E-state index contributed by atoms with van der Waals surface area (Å²) in [4.78, 5) is 33.9. The number of rotatable bonds is 6. The average Bonchev–Trinajstić information content (AvgIpc) is 2.61. The number of nitro benzene ring substituents is 1. The summed E-state index contributed by atoms with van der Waals surface area (Å²) >= 11 is 0. The molecular weight excluding hydrogens is 343 g/mol. The van der Waals surface area contributed by atoms with Crippen molar-refractivity contribution in [3.8, 4) is 0 Å². The number of halogens is 1. The number of nitrogens with zero attached hydrogens (tertiary/aromatic N) is 2. The van der Waals surface area contributed by atoms with Crippen LogP contribution in [-0.2, 0) is 4.79 Å². The molecule has 0 radical (unpaired) electrons. The highest BCUT2D eigenvalue weighted by molar-refractivity contribution is 6.06. The second kappa shape index (κ2) is 8.47. The number of amides is 2. The Bertz CT molecular complexity index is 865. The van der Waals surface area contributed by atoms with E-state index in [2.05, 4.69) is 15.8 Å². The first-order valence-corrected chi connectivity index (χ1v) is 7.48. The fourth-order valence-electron chi connectivity index (χ4n) is 1.98. The van der Waals surface area contributed by atoms with E-state index in [4.69, 9.17) is 0 Å².